The highest BCUT2D eigenvalue weighted by atomic mass is 16.7. The molecule has 0 radical (unpaired) electrons. The zero-order chi connectivity index (χ0) is 35.5. The highest BCUT2D eigenvalue weighted by Crippen LogP contribution is 2.34. The van der Waals surface area contributed by atoms with E-state index in [9.17, 15) is 24.5 Å². The van der Waals surface area contributed by atoms with Gasteiger partial charge in [0.2, 0.25) is 0 Å². The summed E-state index contributed by atoms with van der Waals surface area (Å²) in [5.74, 6) is -0.326. The van der Waals surface area contributed by atoms with Crippen molar-refractivity contribution in [1.82, 2.24) is 19.4 Å². The van der Waals surface area contributed by atoms with E-state index in [1.807, 2.05) is 64.1 Å². The van der Waals surface area contributed by atoms with E-state index in [1.165, 1.54) is 43.1 Å². The van der Waals surface area contributed by atoms with Gasteiger partial charge >= 0.3 is 18.1 Å². The van der Waals surface area contributed by atoms with Crippen LogP contribution in [0.25, 0.3) is 22.3 Å². The molecule has 1 aliphatic rings. The highest BCUT2D eigenvalue weighted by molar-refractivity contribution is 5.84. The minimum absolute atomic E-state index is 0.0379. The average Bonchev–Trinajstić information content (AvgIpc) is 3.73. The zero-order valence-electron chi connectivity index (χ0n) is 28.6. The van der Waals surface area contributed by atoms with Crippen molar-refractivity contribution >= 4 is 29.0 Å². The fourth-order valence-electron chi connectivity index (χ4n) is 4.96. The molecule has 258 valence electrons. The summed E-state index contributed by atoms with van der Waals surface area (Å²) in [5, 5.41) is 11.7. The van der Waals surface area contributed by atoms with E-state index in [-0.39, 0.29) is 37.6 Å². The molecule has 3 aromatic heterocycles. The number of nitrogens with zero attached hydrogens (tertiary/aromatic N) is 5. The Bertz CT molecular complexity index is 1800. The van der Waals surface area contributed by atoms with Crippen molar-refractivity contribution in [3.05, 3.63) is 91.4 Å². The van der Waals surface area contributed by atoms with Crippen LogP contribution in [0.5, 0.6) is 0 Å². The Hall–Kier alpha value is -5.24. The summed E-state index contributed by atoms with van der Waals surface area (Å²) in [4.78, 5) is 56.3. The SMILES string of the molecule is CC.CC.COCc1c([C@@H](C)OC(=O)N(C)CCN(C)C(=O)OCc2ccc([N+](=O)[O-])o2)cc2n(c1=O)Cc1cc3ccccc3nc1-2. The van der Waals surface area contributed by atoms with Crippen molar-refractivity contribution in [3.63, 3.8) is 0 Å². The van der Waals surface area contributed by atoms with Crippen LogP contribution >= 0.6 is 0 Å². The zero-order valence-corrected chi connectivity index (χ0v) is 28.6. The number of fused-ring (bicyclic) bond motifs is 4. The summed E-state index contributed by atoms with van der Waals surface area (Å²) in [5.41, 5.74) is 3.77. The number of nitro groups is 1. The molecule has 0 fully saturated rings. The Morgan fingerprint density at radius 2 is 1.69 bits per heavy atom. The van der Waals surface area contributed by atoms with Crippen molar-refractivity contribution < 1.29 is 33.1 Å². The van der Waals surface area contributed by atoms with E-state index in [1.54, 1.807) is 11.5 Å². The summed E-state index contributed by atoms with van der Waals surface area (Å²) >= 11 is 0. The van der Waals surface area contributed by atoms with E-state index in [4.69, 9.17) is 23.6 Å². The van der Waals surface area contributed by atoms with Crippen LogP contribution in [-0.2, 0) is 34.0 Å². The van der Waals surface area contributed by atoms with Crippen LogP contribution in [0, 0.1) is 10.1 Å². The van der Waals surface area contributed by atoms with Gasteiger partial charge in [0.05, 0.1) is 41.7 Å². The molecule has 4 aromatic rings. The smallest absolute Gasteiger partial charge is 0.433 e. The molecule has 0 bridgehead atoms. The minimum atomic E-state index is -0.793. The topological polar surface area (TPSA) is 159 Å². The molecule has 0 unspecified atom stereocenters. The average molecular weight is 666 g/mol. The van der Waals surface area contributed by atoms with Gasteiger partial charge in [-0.1, -0.05) is 45.9 Å². The van der Waals surface area contributed by atoms with Gasteiger partial charge in [-0.05, 0) is 31.2 Å². The molecule has 5 rings (SSSR count). The molecule has 0 saturated carbocycles. The first kappa shape index (κ1) is 37.2. The highest BCUT2D eigenvalue weighted by Gasteiger charge is 2.28. The number of furan rings is 1. The van der Waals surface area contributed by atoms with Crippen LogP contribution in [0.3, 0.4) is 0 Å². The molecular formula is C34H43N5O9. The summed E-state index contributed by atoms with van der Waals surface area (Å²) < 4.78 is 22.8. The van der Waals surface area contributed by atoms with Gasteiger partial charge < -0.3 is 33.0 Å². The molecule has 1 atom stereocenters. The monoisotopic (exact) mass is 665 g/mol. The second-order valence-corrected chi connectivity index (χ2v) is 10.4. The molecule has 0 saturated heterocycles. The summed E-state index contributed by atoms with van der Waals surface area (Å²) in [6.07, 6.45) is -2.16. The third kappa shape index (κ3) is 8.37. The lowest BCUT2D eigenvalue weighted by Crippen LogP contribution is -2.38. The van der Waals surface area contributed by atoms with E-state index >= 15 is 0 Å². The van der Waals surface area contributed by atoms with Crippen LogP contribution in [0.15, 0.2) is 57.7 Å². The molecule has 14 heteroatoms. The van der Waals surface area contributed by atoms with Crippen molar-refractivity contribution in [1.29, 1.82) is 0 Å². The first-order valence-electron chi connectivity index (χ1n) is 15.7. The van der Waals surface area contributed by atoms with Crippen LogP contribution in [-0.4, -0.2) is 70.8 Å². The molecular weight excluding hydrogens is 622 g/mol. The summed E-state index contributed by atoms with van der Waals surface area (Å²) in [6, 6.07) is 14.1. The lowest BCUT2D eigenvalue weighted by atomic mass is 10.0. The Morgan fingerprint density at radius 3 is 2.33 bits per heavy atom. The Labute approximate surface area is 279 Å². The van der Waals surface area contributed by atoms with Gasteiger partial charge in [0, 0.05) is 50.8 Å². The first-order valence-corrected chi connectivity index (χ1v) is 15.7. The van der Waals surface area contributed by atoms with Gasteiger partial charge in [-0.15, -0.1) is 0 Å². The van der Waals surface area contributed by atoms with Crippen LogP contribution < -0.4 is 5.56 Å². The van der Waals surface area contributed by atoms with Crippen LogP contribution in [0.4, 0.5) is 15.5 Å². The lowest BCUT2D eigenvalue weighted by molar-refractivity contribution is -0.402. The number of ether oxygens (including phenoxy) is 3. The molecule has 1 aromatic carbocycles. The fraction of sp³-hybridized carbons (Fsp3) is 0.412. The molecule has 14 nitrogen and oxygen atoms in total. The lowest BCUT2D eigenvalue weighted by Gasteiger charge is -2.24. The number of hydrogen-bond donors (Lipinski definition) is 0. The van der Waals surface area contributed by atoms with Crippen molar-refractivity contribution in [2.45, 2.75) is 60.5 Å². The number of para-hydroxylation sites is 1. The fourth-order valence-corrected chi connectivity index (χ4v) is 4.96. The molecule has 4 heterocycles. The van der Waals surface area contributed by atoms with Crippen LogP contribution in [0.2, 0.25) is 0 Å². The number of amides is 2. The summed E-state index contributed by atoms with van der Waals surface area (Å²) in [7, 11) is 4.50. The van der Waals surface area contributed by atoms with Gasteiger partial charge in [-0.25, -0.2) is 14.6 Å². The second kappa shape index (κ2) is 17.1. The number of carbonyl (C=O) groups is 2. The second-order valence-electron chi connectivity index (χ2n) is 10.4. The number of benzene rings is 1. The Kier molecular flexibility index (Phi) is 13.2. The normalized spacial score (nSPS) is 11.6. The standard InChI is InChI=1S/C30H31N5O9.2C2H6/c1-18(43-30(38)33(3)12-11-32(2)29(37)42-16-21-9-10-26(44-21)35(39)40)22-14-25-27-20(13-19-7-5-6-8-24(19)31-27)15-34(25)28(36)23(22)17-41-4;2*1-2/h5-10,13-14,18H,11-12,15-17H2,1-4H3;2*1-2H3/t18-;;/m1../s1. The number of pyridine rings is 2. The van der Waals surface area contributed by atoms with E-state index in [0.717, 1.165) is 16.5 Å². The predicted molar refractivity (Wildman–Crippen MR) is 180 cm³/mol. The first-order chi connectivity index (χ1) is 23.1. The number of methoxy groups -OCH3 is 1. The number of aromatic nitrogens is 2. The molecule has 48 heavy (non-hydrogen) atoms. The van der Waals surface area contributed by atoms with E-state index in [2.05, 4.69) is 0 Å². The molecule has 2 amide bonds. The van der Waals surface area contributed by atoms with Crippen molar-refractivity contribution in [2.24, 2.45) is 0 Å². The summed E-state index contributed by atoms with van der Waals surface area (Å²) in [6.45, 7) is 10.0. The van der Waals surface area contributed by atoms with Gasteiger partial charge in [-0.2, -0.15) is 0 Å². The third-order valence-corrected chi connectivity index (χ3v) is 7.37. The Morgan fingerprint density at radius 1 is 1.02 bits per heavy atom. The van der Waals surface area contributed by atoms with E-state index in [0.29, 0.717) is 29.1 Å². The van der Waals surface area contributed by atoms with Gasteiger partial charge in [0.15, 0.2) is 6.61 Å². The number of carbonyl (C=O) groups excluding carboxylic acids is 2. The van der Waals surface area contributed by atoms with Gasteiger partial charge in [0.25, 0.3) is 5.56 Å². The molecule has 0 spiro atoms. The third-order valence-electron chi connectivity index (χ3n) is 7.37. The maximum absolute atomic E-state index is 13.6. The Balaban J connectivity index is 0.00000151. The minimum Gasteiger partial charge on any atom is -0.442 e. The van der Waals surface area contributed by atoms with Crippen LogP contribution in [0.1, 0.15) is 63.2 Å². The quantitative estimate of drug-likeness (QED) is 0.119. The number of likely N-dealkylation sites (N-methyl/N-ethyl adjacent to an activating group) is 2. The number of hydrogen-bond acceptors (Lipinski definition) is 10. The largest absolute Gasteiger partial charge is 0.442 e. The maximum atomic E-state index is 13.6. The molecule has 1 aliphatic heterocycles. The van der Waals surface area contributed by atoms with Crippen molar-refractivity contribution in [2.75, 3.05) is 34.3 Å². The number of rotatable bonds is 10. The van der Waals surface area contributed by atoms with E-state index < -0.39 is 29.1 Å². The van der Waals surface area contributed by atoms with Gasteiger partial charge in [-0.3, -0.25) is 14.9 Å². The molecule has 0 aliphatic carbocycles. The van der Waals surface area contributed by atoms with Crippen molar-refractivity contribution in [3.8, 4) is 11.4 Å². The molecule has 0 N–H and O–H groups in total. The van der Waals surface area contributed by atoms with Gasteiger partial charge in [0.1, 0.15) is 16.8 Å². The predicted octanol–water partition coefficient (Wildman–Crippen LogP) is 6.52. The maximum Gasteiger partial charge on any atom is 0.433 e.